The van der Waals surface area contributed by atoms with Crippen LogP contribution in [0.25, 0.3) is 0 Å². The molecule has 0 aromatic heterocycles. The fraction of sp³-hybridized carbons (Fsp3) is 0.909. The molecule has 1 atom stereocenters. The van der Waals surface area contributed by atoms with E-state index in [1.54, 1.807) is 0 Å². The Kier molecular flexibility index (Phi) is 5.98. The zero-order valence-electron chi connectivity index (χ0n) is 10.6. The molecule has 1 saturated heterocycles. The van der Waals surface area contributed by atoms with E-state index in [1.165, 1.54) is 12.2 Å². The van der Waals surface area contributed by atoms with Crippen molar-refractivity contribution < 1.29 is 0 Å². The summed E-state index contributed by atoms with van der Waals surface area (Å²) in [7, 11) is 0. The first-order chi connectivity index (χ1) is 7.67. The second-order valence-corrected chi connectivity index (χ2v) is 5.96. The lowest BCUT2D eigenvalue weighted by Gasteiger charge is -2.33. The highest BCUT2D eigenvalue weighted by Crippen LogP contribution is 2.20. The lowest BCUT2D eigenvalue weighted by molar-refractivity contribution is 0.407. The van der Waals surface area contributed by atoms with Crippen LogP contribution in [-0.4, -0.2) is 41.5 Å². The summed E-state index contributed by atoms with van der Waals surface area (Å²) in [5.74, 6) is 8.14. The summed E-state index contributed by atoms with van der Waals surface area (Å²) in [6.45, 7) is 9.50. The average molecular weight is 244 g/mol. The summed E-state index contributed by atoms with van der Waals surface area (Å²) < 4.78 is 0. The van der Waals surface area contributed by atoms with Crippen molar-refractivity contribution in [2.75, 3.05) is 25.4 Å². The maximum absolute atomic E-state index is 5.55. The Labute approximate surface area is 103 Å². The highest BCUT2D eigenvalue weighted by Gasteiger charge is 2.21. The standard InChI is InChI=1S/C11H24N4S/c1-4-10-8-15(5-6-16-10)11(14-12)13-7-9(2)3/h9-10H,4-8,12H2,1-3H3,(H,13,14). The van der Waals surface area contributed by atoms with Crippen LogP contribution >= 0.6 is 11.8 Å². The molecule has 0 amide bonds. The lowest BCUT2D eigenvalue weighted by Crippen LogP contribution is -2.50. The molecule has 0 aliphatic carbocycles. The minimum absolute atomic E-state index is 0.574. The molecule has 94 valence electrons. The Morgan fingerprint density at radius 1 is 1.62 bits per heavy atom. The maximum atomic E-state index is 5.55. The van der Waals surface area contributed by atoms with Crippen molar-refractivity contribution in [3.8, 4) is 0 Å². The summed E-state index contributed by atoms with van der Waals surface area (Å²) in [4.78, 5) is 6.80. The van der Waals surface area contributed by atoms with E-state index in [0.717, 1.165) is 25.6 Å². The average Bonchev–Trinajstić information content (AvgIpc) is 2.30. The molecule has 4 nitrogen and oxygen atoms in total. The van der Waals surface area contributed by atoms with Gasteiger partial charge in [-0.05, 0) is 12.3 Å². The second-order valence-electron chi connectivity index (χ2n) is 4.55. The number of hydrazine groups is 1. The minimum atomic E-state index is 0.574. The number of nitrogens with one attached hydrogen (secondary N) is 1. The summed E-state index contributed by atoms with van der Waals surface area (Å²) in [6.07, 6.45) is 1.21. The highest BCUT2D eigenvalue weighted by atomic mass is 32.2. The number of rotatable bonds is 3. The molecule has 0 saturated carbocycles. The monoisotopic (exact) mass is 244 g/mol. The van der Waals surface area contributed by atoms with Gasteiger partial charge in [-0.15, -0.1) is 0 Å². The predicted molar refractivity (Wildman–Crippen MR) is 72.6 cm³/mol. The molecule has 1 unspecified atom stereocenters. The quantitative estimate of drug-likeness (QED) is 0.340. The Morgan fingerprint density at radius 3 is 2.94 bits per heavy atom. The topological polar surface area (TPSA) is 53.6 Å². The summed E-state index contributed by atoms with van der Waals surface area (Å²) in [5, 5.41) is 0.714. The third-order valence-corrected chi connectivity index (χ3v) is 4.00. The van der Waals surface area contributed by atoms with E-state index in [9.17, 15) is 0 Å². The first kappa shape index (κ1) is 13.6. The van der Waals surface area contributed by atoms with Crippen molar-refractivity contribution >= 4 is 17.7 Å². The SMILES string of the molecule is CCC1CN(C(=NCC(C)C)NN)CCS1. The molecule has 0 bridgehead atoms. The number of hydrogen-bond acceptors (Lipinski definition) is 3. The molecule has 1 fully saturated rings. The fourth-order valence-electron chi connectivity index (χ4n) is 1.66. The van der Waals surface area contributed by atoms with E-state index in [-0.39, 0.29) is 0 Å². The molecule has 1 aliphatic heterocycles. The van der Waals surface area contributed by atoms with Crippen LogP contribution in [0.1, 0.15) is 27.2 Å². The van der Waals surface area contributed by atoms with Gasteiger partial charge < -0.3 is 4.90 Å². The minimum Gasteiger partial charge on any atom is -0.340 e. The molecular formula is C11H24N4S. The van der Waals surface area contributed by atoms with Gasteiger partial charge in [-0.3, -0.25) is 10.4 Å². The molecule has 1 aliphatic rings. The van der Waals surface area contributed by atoms with Gasteiger partial charge in [0.1, 0.15) is 0 Å². The molecule has 0 radical (unpaired) electrons. The van der Waals surface area contributed by atoms with Crippen LogP contribution in [0.15, 0.2) is 4.99 Å². The third kappa shape index (κ3) is 4.22. The Balaban J connectivity index is 2.54. The molecule has 3 N–H and O–H groups in total. The van der Waals surface area contributed by atoms with Crippen LogP contribution in [0.3, 0.4) is 0 Å². The first-order valence-corrected chi connectivity index (χ1v) is 7.09. The first-order valence-electron chi connectivity index (χ1n) is 6.05. The summed E-state index contributed by atoms with van der Waals surface area (Å²) in [6, 6.07) is 0. The number of nitrogens with two attached hydrogens (primary N) is 1. The van der Waals surface area contributed by atoms with Gasteiger partial charge in [-0.1, -0.05) is 20.8 Å². The molecule has 1 heterocycles. The smallest absolute Gasteiger partial charge is 0.208 e. The van der Waals surface area contributed by atoms with E-state index in [1.807, 2.05) is 0 Å². The van der Waals surface area contributed by atoms with Crippen LogP contribution in [0.4, 0.5) is 0 Å². The number of hydrogen-bond donors (Lipinski definition) is 2. The van der Waals surface area contributed by atoms with Crippen molar-refractivity contribution in [2.24, 2.45) is 16.8 Å². The molecule has 1 rings (SSSR count). The van der Waals surface area contributed by atoms with Gasteiger partial charge >= 0.3 is 0 Å². The fourth-order valence-corrected chi connectivity index (χ4v) is 2.84. The van der Waals surface area contributed by atoms with Crippen LogP contribution in [0.2, 0.25) is 0 Å². The highest BCUT2D eigenvalue weighted by molar-refractivity contribution is 8.00. The normalized spacial score (nSPS) is 22.7. The van der Waals surface area contributed by atoms with Crippen LogP contribution in [-0.2, 0) is 0 Å². The Bertz CT molecular complexity index is 230. The van der Waals surface area contributed by atoms with Crippen molar-refractivity contribution in [2.45, 2.75) is 32.4 Å². The van der Waals surface area contributed by atoms with Crippen LogP contribution in [0.5, 0.6) is 0 Å². The molecule has 0 spiro atoms. The summed E-state index contributed by atoms with van der Waals surface area (Å²) in [5.41, 5.74) is 2.74. The van der Waals surface area contributed by atoms with Crippen molar-refractivity contribution in [3.05, 3.63) is 0 Å². The van der Waals surface area contributed by atoms with Crippen molar-refractivity contribution in [1.82, 2.24) is 10.3 Å². The number of thioether (sulfide) groups is 1. The van der Waals surface area contributed by atoms with Gasteiger partial charge in [0, 0.05) is 30.6 Å². The number of guanidine groups is 1. The van der Waals surface area contributed by atoms with Gasteiger partial charge in [-0.2, -0.15) is 11.8 Å². The largest absolute Gasteiger partial charge is 0.340 e. The summed E-state index contributed by atoms with van der Waals surface area (Å²) >= 11 is 2.05. The third-order valence-electron chi connectivity index (χ3n) is 2.63. The van der Waals surface area contributed by atoms with Gasteiger partial charge in [0.2, 0.25) is 5.96 Å². The zero-order valence-corrected chi connectivity index (χ0v) is 11.4. The van der Waals surface area contributed by atoms with Gasteiger partial charge in [0.15, 0.2) is 0 Å². The molecular weight excluding hydrogens is 220 g/mol. The molecule has 16 heavy (non-hydrogen) atoms. The van der Waals surface area contributed by atoms with E-state index in [2.05, 4.69) is 47.9 Å². The van der Waals surface area contributed by atoms with Crippen molar-refractivity contribution in [3.63, 3.8) is 0 Å². The molecule has 5 heteroatoms. The van der Waals surface area contributed by atoms with Crippen molar-refractivity contribution in [1.29, 1.82) is 0 Å². The number of aliphatic imine (C=N–C) groups is 1. The van der Waals surface area contributed by atoms with E-state index in [0.29, 0.717) is 11.2 Å². The zero-order chi connectivity index (χ0) is 12.0. The predicted octanol–water partition coefficient (Wildman–Crippen LogP) is 1.29. The molecule has 0 aromatic rings. The van der Waals surface area contributed by atoms with Gasteiger partial charge in [0.05, 0.1) is 0 Å². The molecule has 0 aromatic carbocycles. The van der Waals surface area contributed by atoms with E-state index in [4.69, 9.17) is 5.84 Å². The second kappa shape index (κ2) is 7.01. The Morgan fingerprint density at radius 2 is 2.38 bits per heavy atom. The maximum Gasteiger partial charge on any atom is 0.208 e. The number of nitrogens with zero attached hydrogens (tertiary/aromatic N) is 2. The van der Waals surface area contributed by atoms with E-state index < -0.39 is 0 Å². The van der Waals surface area contributed by atoms with Gasteiger partial charge in [0.25, 0.3) is 0 Å². The van der Waals surface area contributed by atoms with Crippen LogP contribution < -0.4 is 11.3 Å². The van der Waals surface area contributed by atoms with E-state index >= 15 is 0 Å². The Hall–Kier alpha value is -0.420. The van der Waals surface area contributed by atoms with Crippen LogP contribution in [0, 0.1) is 5.92 Å². The lowest BCUT2D eigenvalue weighted by atomic mass is 10.2. The van der Waals surface area contributed by atoms with Gasteiger partial charge in [-0.25, -0.2) is 5.84 Å².